The summed E-state index contributed by atoms with van der Waals surface area (Å²) in [5, 5.41) is 0. The summed E-state index contributed by atoms with van der Waals surface area (Å²) >= 11 is 0. The molecule has 3 heteroatoms. The molecule has 1 aromatic rings. The average Bonchev–Trinajstić information content (AvgIpc) is 2.18. The molecule has 0 spiro atoms. The Labute approximate surface area is 77.2 Å². The van der Waals surface area contributed by atoms with Crippen molar-refractivity contribution in [3.05, 3.63) is 41.5 Å². The topological polar surface area (TPSA) is 55.1 Å². The summed E-state index contributed by atoms with van der Waals surface area (Å²) in [5.74, 6) is 4.73. The van der Waals surface area contributed by atoms with Crippen molar-refractivity contribution in [2.45, 2.75) is 6.92 Å². The van der Waals surface area contributed by atoms with Crippen molar-refractivity contribution in [1.82, 2.24) is 5.43 Å². The lowest BCUT2D eigenvalue weighted by Gasteiger charge is -1.98. The molecule has 0 atom stereocenters. The Kier molecular flexibility index (Phi) is 3.23. The minimum atomic E-state index is -0.260. The van der Waals surface area contributed by atoms with Gasteiger partial charge in [0.15, 0.2) is 0 Å². The van der Waals surface area contributed by atoms with Crippen molar-refractivity contribution < 1.29 is 4.79 Å². The van der Waals surface area contributed by atoms with Gasteiger partial charge >= 0.3 is 0 Å². The van der Waals surface area contributed by atoms with Gasteiger partial charge in [-0.3, -0.25) is 10.2 Å². The molecule has 0 aliphatic carbocycles. The predicted octanol–water partition coefficient (Wildman–Crippen LogP) is 1.08. The fourth-order valence-electron chi connectivity index (χ4n) is 0.979. The van der Waals surface area contributed by atoms with Crippen LogP contribution in [-0.2, 0) is 4.79 Å². The van der Waals surface area contributed by atoms with Gasteiger partial charge in [0, 0.05) is 5.57 Å². The Bertz CT molecular complexity index is 317. The minimum absolute atomic E-state index is 0.260. The summed E-state index contributed by atoms with van der Waals surface area (Å²) in [4.78, 5) is 11.0. The van der Waals surface area contributed by atoms with Gasteiger partial charge in [-0.15, -0.1) is 0 Å². The molecule has 0 unspecified atom stereocenters. The summed E-state index contributed by atoms with van der Waals surface area (Å²) in [5.41, 5.74) is 3.66. The molecule has 0 saturated carbocycles. The molecule has 1 amide bonds. The molecule has 68 valence electrons. The minimum Gasteiger partial charge on any atom is -0.290 e. The Hall–Kier alpha value is -1.61. The van der Waals surface area contributed by atoms with E-state index in [1.165, 1.54) is 0 Å². The average molecular weight is 176 g/mol. The molecule has 13 heavy (non-hydrogen) atoms. The van der Waals surface area contributed by atoms with Crippen LogP contribution in [0.15, 0.2) is 35.9 Å². The van der Waals surface area contributed by atoms with Crippen LogP contribution in [0.4, 0.5) is 0 Å². The SMILES string of the molecule is C/C(=C/c1ccccc1)C(=O)NN. The number of nitrogens with two attached hydrogens (primary N) is 1. The second kappa shape index (κ2) is 4.42. The van der Waals surface area contributed by atoms with E-state index in [9.17, 15) is 4.79 Å². The Balaban J connectivity index is 2.83. The number of amides is 1. The predicted molar refractivity (Wildman–Crippen MR) is 52.4 cm³/mol. The Morgan fingerprint density at radius 1 is 1.38 bits per heavy atom. The van der Waals surface area contributed by atoms with Gasteiger partial charge in [-0.05, 0) is 18.6 Å². The van der Waals surface area contributed by atoms with Gasteiger partial charge in [0.25, 0.3) is 5.91 Å². The third-order valence-electron chi connectivity index (χ3n) is 1.67. The number of hydrogen-bond acceptors (Lipinski definition) is 2. The van der Waals surface area contributed by atoms with Crippen LogP contribution < -0.4 is 11.3 Å². The van der Waals surface area contributed by atoms with Crippen molar-refractivity contribution in [1.29, 1.82) is 0 Å². The maximum atomic E-state index is 11.0. The van der Waals surface area contributed by atoms with Crippen molar-refractivity contribution in [3.63, 3.8) is 0 Å². The van der Waals surface area contributed by atoms with Crippen molar-refractivity contribution in [3.8, 4) is 0 Å². The van der Waals surface area contributed by atoms with E-state index in [0.29, 0.717) is 5.57 Å². The van der Waals surface area contributed by atoms with E-state index in [0.717, 1.165) is 5.56 Å². The van der Waals surface area contributed by atoms with E-state index in [-0.39, 0.29) is 5.91 Å². The normalized spacial score (nSPS) is 11.1. The van der Waals surface area contributed by atoms with Crippen molar-refractivity contribution in [2.75, 3.05) is 0 Å². The van der Waals surface area contributed by atoms with E-state index >= 15 is 0 Å². The number of hydrogen-bond donors (Lipinski definition) is 2. The number of carbonyl (C=O) groups excluding carboxylic acids is 1. The molecule has 0 aliphatic rings. The number of rotatable bonds is 2. The van der Waals surface area contributed by atoms with Gasteiger partial charge in [-0.25, -0.2) is 5.84 Å². The molecule has 0 heterocycles. The third-order valence-corrected chi connectivity index (χ3v) is 1.67. The number of nitrogens with one attached hydrogen (secondary N) is 1. The molecule has 0 fully saturated rings. The number of benzene rings is 1. The third kappa shape index (κ3) is 2.72. The van der Waals surface area contributed by atoms with Gasteiger partial charge in [0.05, 0.1) is 0 Å². The van der Waals surface area contributed by atoms with Crippen LogP contribution in [0.3, 0.4) is 0 Å². The van der Waals surface area contributed by atoms with Crippen LogP contribution in [0.25, 0.3) is 6.08 Å². The molecule has 1 aromatic carbocycles. The highest BCUT2D eigenvalue weighted by molar-refractivity contribution is 5.96. The molecule has 0 radical (unpaired) electrons. The van der Waals surface area contributed by atoms with E-state index in [1.54, 1.807) is 13.0 Å². The summed E-state index contributed by atoms with van der Waals surface area (Å²) < 4.78 is 0. The van der Waals surface area contributed by atoms with Gasteiger partial charge in [-0.2, -0.15) is 0 Å². The first-order valence-corrected chi connectivity index (χ1v) is 3.98. The van der Waals surface area contributed by atoms with Crippen molar-refractivity contribution >= 4 is 12.0 Å². The Morgan fingerprint density at radius 3 is 2.54 bits per heavy atom. The Morgan fingerprint density at radius 2 is 2.00 bits per heavy atom. The summed E-state index contributed by atoms with van der Waals surface area (Å²) in [6.07, 6.45) is 1.78. The first-order valence-electron chi connectivity index (χ1n) is 3.98. The van der Waals surface area contributed by atoms with Crippen molar-refractivity contribution in [2.24, 2.45) is 5.84 Å². The zero-order valence-corrected chi connectivity index (χ0v) is 7.45. The van der Waals surface area contributed by atoms with Crippen LogP contribution in [0.1, 0.15) is 12.5 Å². The van der Waals surface area contributed by atoms with E-state index in [4.69, 9.17) is 5.84 Å². The first kappa shape index (κ1) is 9.48. The molecule has 0 saturated heterocycles. The van der Waals surface area contributed by atoms with E-state index in [1.807, 2.05) is 30.3 Å². The number of hydrazine groups is 1. The lowest BCUT2D eigenvalue weighted by molar-refractivity contribution is -0.117. The van der Waals surface area contributed by atoms with Gasteiger partial charge in [0.1, 0.15) is 0 Å². The maximum absolute atomic E-state index is 11.0. The molecule has 0 aliphatic heterocycles. The van der Waals surface area contributed by atoms with Crippen LogP contribution in [0, 0.1) is 0 Å². The van der Waals surface area contributed by atoms with E-state index < -0.39 is 0 Å². The smallest absolute Gasteiger partial charge is 0.260 e. The van der Waals surface area contributed by atoms with E-state index in [2.05, 4.69) is 5.43 Å². The fourth-order valence-corrected chi connectivity index (χ4v) is 0.979. The lowest BCUT2D eigenvalue weighted by atomic mass is 10.1. The highest BCUT2D eigenvalue weighted by atomic mass is 16.2. The zero-order valence-electron chi connectivity index (χ0n) is 7.45. The molecule has 3 N–H and O–H groups in total. The van der Waals surface area contributed by atoms with Crippen LogP contribution in [0.2, 0.25) is 0 Å². The van der Waals surface area contributed by atoms with Crippen LogP contribution in [0.5, 0.6) is 0 Å². The lowest BCUT2D eigenvalue weighted by Crippen LogP contribution is -2.30. The maximum Gasteiger partial charge on any atom is 0.260 e. The summed E-state index contributed by atoms with van der Waals surface area (Å²) in [7, 11) is 0. The van der Waals surface area contributed by atoms with Gasteiger partial charge < -0.3 is 0 Å². The highest BCUT2D eigenvalue weighted by Crippen LogP contribution is 2.05. The second-order valence-electron chi connectivity index (χ2n) is 2.71. The first-order chi connectivity index (χ1) is 6.24. The largest absolute Gasteiger partial charge is 0.290 e. The highest BCUT2D eigenvalue weighted by Gasteiger charge is 1.99. The fraction of sp³-hybridized carbons (Fsp3) is 0.100. The standard InChI is InChI=1S/C10H12N2O/c1-8(10(13)12-11)7-9-5-3-2-4-6-9/h2-7H,11H2,1H3,(H,12,13)/b8-7-. The number of carbonyl (C=O) groups is 1. The van der Waals surface area contributed by atoms with Gasteiger partial charge in [0.2, 0.25) is 0 Å². The quantitative estimate of drug-likeness (QED) is 0.306. The molecule has 0 aromatic heterocycles. The van der Waals surface area contributed by atoms with Crippen LogP contribution in [-0.4, -0.2) is 5.91 Å². The molecular weight excluding hydrogens is 164 g/mol. The van der Waals surface area contributed by atoms with Crippen LogP contribution >= 0.6 is 0 Å². The zero-order chi connectivity index (χ0) is 9.68. The molecule has 1 rings (SSSR count). The molecular formula is C10H12N2O. The summed E-state index contributed by atoms with van der Waals surface area (Å²) in [6, 6.07) is 9.61. The van der Waals surface area contributed by atoms with Gasteiger partial charge in [-0.1, -0.05) is 30.3 Å². The second-order valence-corrected chi connectivity index (χ2v) is 2.71. The molecule has 3 nitrogen and oxygen atoms in total. The monoisotopic (exact) mass is 176 g/mol. The molecule has 0 bridgehead atoms. The summed E-state index contributed by atoms with van der Waals surface area (Å²) in [6.45, 7) is 1.72.